The lowest BCUT2D eigenvalue weighted by Crippen LogP contribution is -2.32. The van der Waals surface area contributed by atoms with Crippen molar-refractivity contribution < 1.29 is 19.4 Å². The van der Waals surface area contributed by atoms with Crippen LogP contribution in [0.2, 0.25) is 0 Å². The van der Waals surface area contributed by atoms with Crippen LogP contribution < -0.4 is 0 Å². The lowest BCUT2D eigenvalue weighted by Gasteiger charge is -2.27. The van der Waals surface area contributed by atoms with Gasteiger partial charge in [0.05, 0.1) is 12.1 Å². The molecule has 0 fully saturated rings. The number of pyridine rings is 1. The molecule has 8 heteroatoms. The topological polar surface area (TPSA) is 99.4 Å². The number of benzene rings is 1. The summed E-state index contributed by atoms with van der Waals surface area (Å²) in [6.07, 6.45) is 7.38. The quantitative estimate of drug-likeness (QED) is 0.399. The van der Waals surface area contributed by atoms with Gasteiger partial charge in [-0.2, -0.15) is 0 Å². The molecule has 33 heavy (non-hydrogen) atoms. The fourth-order valence-electron chi connectivity index (χ4n) is 3.87. The third-order valence-electron chi connectivity index (χ3n) is 5.73. The molecule has 1 aromatic carbocycles. The molecule has 176 valence electrons. The van der Waals surface area contributed by atoms with Gasteiger partial charge in [0, 0.05) is 39.5 Å². The van der Waals surface area contributed by atoms with Crippen molar-refractivity contribution in [3.05, 3.63) is 65.5 Å². The first-order valence-corrected chi connectivity index (χ1v) is 11.3. The van der Waals surface area contributed by atoms with Gasteiger partial charge in [-0.25, -0.2) is 14.5 Å². The van der Waals surface area contributed by atoms with Crippen LogP contribution in [0.15, 0.2) is 42.7 Å². The first kappa shape index (κ1) is 24.5. The minimum Gasteiger partial charge on any atom is -0.478 e. The average Bonchev–Trinajstić information content (AvgIpc) is 3.24. The van der Waals surface area contributed by atoms with E-state index in [1.54, 1.807) is 26.5 Å². The molecule has 0 aliphatic rings. The normalized spacial score (nSPS) is 11.6. The molecule has 0 bridgehead atoms. The molecule has 2 aromatic heterocycles. The number of unbranched alkanes of at least 4 members (excludes halogenated alkanes) is 1. The molecule has 0 aliphatic heterocycles. The molecule has 0 aliphatic carbocycles. The third kappa shape index (κ3) is 5.46. The molecule has 2 heterocycles. The number of carboxylic acids is 1. The summed E-state index contributed by atoms with van der Waals surface area (Å²) < 4.78 is 13.4. The van der Waals surface area contributed by atoms with Gasteiger partial charge in [-0.15, -0.1) is 5.10 Å². The van der Waals surface area contributed by atoms with Crippen molar-refractivity contribution in [2.75, 3.05) is 14.2 Å². The third-order valence-corrected chi connectivity index (χ3v) is 5.73. The highest BCUT2D eigenvalue weighted by atomic mass is 16.7. The van der Waals surface area contributed by atoms with E-state index in [1.807, 2.05) is 28.9 Å². The molecule has 0 saturated heterocycles. The van der Waals surface area contributed by atoms with Crippen molar-refractivity contribution in [1.82, 2.24) is 19.7 Å². The van der Waals surface area contributed by atoms with Gasteiger partial charge in [0.15, 0.2) is 0 Å². The van der Waals surface area contributed by atoms with Crippen molar-refractivity contribution in [3.8, 4) is 11.1 Å². The fourth-order valence-corrected chi connectivity index (χ4v) is 3.87. The van der Waals surface area contributed by atoms with Gasteiger partial charge >= 0.3 is 5.97 Å². The number of aromatic nitrogens is 4. The Kier molecular flexibility index (Phi) is 8.30. The highest BCUT2D eigenvalue weighted by molar-refractivity contribution is 5.95. The van der Waals surface area contributed by atoms with Crippen molar-refractivity contribution >= 4 is 5.97 Å². The van der Waals surface area contributed by atoms with Crippen LogP contribution >= 0.6 is 0 Å². The second-order valence-corrected chi connectivity index (χ2v) is 7.95. The van der Waals surface area contributed by atoms with Gasteiger partial charge < -0.3 is 14.6 Å². The number of nitrogens with zero attached hydrogens (tertiary/aromatic N) is 4. The Labute approximate surface area is 194 Å². The molecule has 8 nitrogen and oxygen atoms in total. The van der Waals surface area contributed by atoms with Crippen LogP contribution in [0.3, 0.4) is 0 Å². The molecular weight excluding hydrogens is 420 g/mol. The maximum atomic E-state index is 11.5. The summed E-state index contributed by atoms with van der Waals surface area (Å²) >= 11 is 0. The Morgan fingerprint density at radius 1 is 1.09 bits per heavy atom. The Morgan fingerprint density at radius 3 is 2.42 bits per heavy atom. The fraction of sp³-hybridized carbons (Fsp3) is 0.440. The van der Waals surface area contributed by atoms with Gasteiger partial charge in [0.2, 0.25) is 11.6 Å². The van der Waals surface area contributed by atoms with E-state index in [0.717, 1.165) is 42.6 Å². The number of ether oxygens (including phenoxy) is 2. The van der Waals surface area contributed by atoms with Gasteiger partial charge in [-0.1, -0.05) is 51.0 Å². The van der Waals surface area contributed by atoms with Crippen molar-refractivity contribution in [2.24, 2.45) is 0 Å². The highest BCUT2D eigenvalue weighted by Crippen LogP contribution is 2.29. The molecule has 3 rings (SSSR count). The maximum absolute atomic E-state index is 11.5. The standard InChI is InChI=1S/C25H32N4O4/c1-5-7-8-22-27-24(25(32-3,33-4)14-6-2)28-29(22)17-18-9-11-19(12-10-18)20-13-15-26-16-21(20)23(30)31/h9-13,15-16H,5-8,14,17H2,1-4H3,(H,30,31). The zero-order valence-electron chi connectivity index (χ0n) is 19.7. The number of hydrogen-bond donors (Lipinski definition) is 1. The molecular formula is C25H32N4O4. The Balaban J connectivity index is 1.91. The predicted octanol–water partition coefficient (Wildman–Crippen LogP) is 4.67. The van der Waals surface area contributed by atoms with Crippen LogP contribution in [0.25, 0.3) is 11.1 Å². The number of carbonyl (C=O) groups is 1. The van der Waals surface area contributed by atoms with E-state index in [9.17, 15) is 9.90 Å². The summed E-state index contributed by atoms with van der Waals surface area (Å²) in [5, 5.41) is 14.2. The molecule has 1 N–H and O–H groups in total. The smallest absolute Gasteiger partial charge is 0.337 e. The molecule has 0 amide bonds. The van der Waals surface area contributed by atoms with Crippen LogP contribution in [-0.4, -0.2) is 45.0 Å². The first-order chi connectivity index (χ1) is 16.0. The summed E-state index contributed by atoms with van der Waals surface area (Å²) in [7, 11) is 3.24. The lowest BCUT2D eigenvalue weighted by atomic mass is 10.0. The Hall–Kier alpha value is -3.10. The Bertz CT molecular complexity index is 1060. The van der Waals surface area contributed by atoms with Crippen molar-refractivity contribution in [1.29, 1.82) is 0 Å². The highest BCUT2D eigenvalue weighted by Gasteiger charge is 2.36. The van der Waals surface area contributed by atoms with Crippen molar-refractivity contribution in [2.45, 2.75) is 58.3 Å². The Morgan fingerprint density at radius 2 is 1.82 bits per heavy atom. The summed E-state index contributed by atoms with van der Waals surface area (Å²) in [6, 6.07) is 9.53. The molecule has 0 saturated carbocycles. The zero-order valence-corrected chi connectivity index (χ0v) is 19.7. The number of rotatable bonds is 12. The van der Waals surface area contributed by atoms with E-state index in [2.05, 4.69) is 18.8 Å². The van der Waals surface area contributed by atoms with Gasteiger partial charge in [0.25, 0.3) is 0 Å². The lowest BCUT2D eigenvalue weighted by molar-refractivity contribution is -0.225. The number of hydrogen-bond acceptors (Lipinski definition) is 6. The SMILES string of the molecule is CCCCc1nc(C(CCC)(OC)OC)nn1Cc1ccc(-c2ccncc2C(=O)O)cc1. The van der Waals surface area contributed by atoms with Gasteiger partial charge in [0.1, 0.15) is 5.82 Å². The van der Waals surface area contributed by atoms with E-state index < -0.39 is 11.8 Å². The second-order valence-electron chi connectivity index (χ2n) is 7.95. The van der Waals surface area contributed by atoms with E-state index in [1.165, 1.54) is 6.20 Å². The summed E-state index contributed by atoms with van der Waals surface area (Å²) in [4.78, 5) is 20.3. The van der Waals surface area contributed by atoms with Crippen LogP contribution in [-0.2, 0) is 28.2 Å². The molecule has 0 radical (unpaired) electrons. The minimum atomic E-state index is -0.996. The van der Waals surface area contributed by atoms with Crippen LogP contribution in [0, 0.1) is 0 Å². The molecule has 0 atom stereocenters. The van der Waals surface area contributed by atoms with Gasteiger partial charge in [-0.05, 0) is 29.2 Å². The zero-order chi connectivity index (χ0) is 23.8. The number of methoxy groups -OCH3 is 2. The number of aryl methyl sites for hydroxylation is 1. The van der Waals surface area contributed by atoms with E-state index in [-0.39, 0.29) is 5.56 Å². The van der Waals surface area contributed by atoms with Crippen LogP contribution in [0.5, 0.6) is 0 Å². The van der Waals surface area contributed by atoms with Gasteiger partial charge in [-0.3, -0.25) is 4.98 Å². The van der Waals surface area contributed by atoms with E-state index in [0.29, 0.717) is 24.4 Å². The summed E-state index contributed by atoms with van der Waals surface area (Å²) in [6.45, 7) is 4.77. The van der Waals surface area contributed by atoms with Crippen LogP contribution in [0.4, 0.5) is 0 Å². The monoisotopic (exact) mass is 452 g/mol. The minimum absolute atomic E-state index is 0.180. The average molecular weight is 453 g/mol. The second kappa shape index (κ2) is 11.2. The summed E-state index contributed by atoms with van der Waals surface area (Å²) in [5.41, 5.74) is 2.68. The van der Waals surface area contributed by atoms with E-state index in [4.69, 9.17) is 19.6 Å². The molecule has 0 unspecified atom stereocenters. The predicted molar refractivity (Wildman–Crippen MR) is 125 cm³/mol. The first-order valence-electron chi connectivity index (χ1n) is 11.3. The number of aromatic carboxylic acids is 1. The summed E-state index contributed by atoms with van der Waals surface area (Å²) in [5.74, 6) is -0.517. The molecule has 0 spiro atoms. The largest absolute Gasteiger partial charge is 0.478 e. The van der Waals surface area contributed by atoms with E-state index >= 15 is 0 Å². The number of carboxylic acid groups (broad SMARTS) is 1. The van der Waals surface area contributed by atoms with Crippen LogP contribution in [0.1, 0.15) is 67.1 Å². The maximum Gasteiger partial charge on any atom is 0.337 e. The molecule has 3 aromatic rings. The van der Waals surface area contributed by atoms with Crippen molar-refractivity contribution in [3.63, 3.8) is 0 Å².